The van der Waals surface area contributed by atoms with Crippen molar-refractivity contribution in [2.24, 2.45) is 0 Å². The van der Waals surface area contributed by atoms with Crippen LogP contribution in [0.4, 0.5) is 17.1 Å². The number of thiophene rings is 1. The van der Waals surface area contributed by atoms with Gasteiger partial charge in [0.1, 0.15) is 17.5 Å². The molecular formula is C66H63N5O2S. The zero-order valence-corrected chi connectivity index (χ0v) is 43.8. The lowest BCUT2D eigenvalue weighted by molar-refractivity contribution is 0.0688. The van der Waals surface area contributed by atoms with Gasteiger partial charge in [-0.15, -0.1) is 11.3 Å². The van der Waals surface area contributed by atoms with Crippen LogP contribution in [-0.2, 0) is 10.8 Å². The summed E-state index contributed by atoms with van der Waals surface area (Å²) in [4.78, 5) is 16.9. The van der Waals surface area contributed by atoms with Gasteiger partial charge in [-0.25, -0.2) is 9.48 Å². The van der Waals surface area contributed by atoms with Crippen LogP contribution in [0.15, 0.2) is 152 Å². The molecule has 370 valence electrons. The van der Waals surface area contributed by atoms with Gasteiger partial charge in [0.15, 0.2) is 11.3 Å². The molecule has 0 radical (unpaired) electrons. The number of benzene rings is 6. The summed E-state index contributed by atoms with van der Waals surface area (Å²) >= 11 is 1.51. The van der Waals surface area contributed by atoms with Gasteiger partial charge in [-0.1, -0.05) is 170 Å². The number of carboxylic acids is 1. The van der Waals surface area contributed by atoms with Crippen molar-refractivity contribution in [2.75, 3.05) is 4.90 Å². The summed E-state index contributed by atoms with van der Waals surface area (Å²) in [6.45, 7) is 9.25. The molecule has 6 aromatic carbocycles. The number of unbranched alkanes of at least 4 members (excludes halogenated alkanes) is 4. The first kappa shape index (κ1) is 49.8. The van der Waals surface area contributed by atoms with E-state index in [1.54, 1.807) is 30.3 Å². The Balaban J connectivity index is 1.12. The van der Waals surface area contributed by atoms with Crippen LogP contribution in [0.5, 0.6) is 0 Å². The van der Waals surface area contributed by atoms with Gasteiger partial charge >= 0.3 is 5.97 Å². The van der Waals surface area contributed by atoms with Crippen molar-refractivity contribution in [3.05, 3.63) is 195 Å². The summed E-state index contributed by atoms with van der Waals surface area (Å²) in [5.74, 6) is -1.25. The second-order valence-corrected chi connectivity index (χ2v) is 21.2. The van der Waals surface area contributed by atoms with E-state index in [0.29, 0.717) is 5.69 Å². The van der Waals surface area contributed by atoms with Crippen molar-refractivity contribution in [1.29, 1.82) is 10.5 Å². The van der Waals surface area contributed by atoms with Crippen molar-refractivity contribution < 1.29 is 9.90 Å². The average Bonchev–Trinajstić information content (AvgIpc) is 4.21. The van der Waals surface area contributed by atoms with Gasteiger partial charge in [0.05, 0.1) is 5.69 Å². The van der Waals surface area contributed by atoms with E-state index in [2.05, 4.69) is 147 Å². The van der Waals surface area contributed by atoms with Gasteiger partial charge in [0.25, 0.3) is 0 Å². The quantitative estimate of drug-likeness (QED) is 0.0865. The van der Waals surface area contributed by atoms with E-state index in [4.69, 9.17) is 0 Å². The van der Waals surface area contributed by atoms with E-state index in [1.165, 1.54) is 60.5 Å². The summed E-state index contributed by atoms with van der Waals surface area (Å²) in [6.07, 6.45) is 15.4. The molecule has 0 bridgehead atoms. The number of hydrogen-bond donors (Lipinski definition) is 1. The van der Waals surface area contributed by atoms with Crippen LogP contribution in [0.2, 0.25) is 0 Å². The monoisotopic (exact) mass is 989 g/mol. The second kappa shape index (κ2) is 21.4. The second-order valence-electron chi connectivity index (χ2n) is 20.1. The van der Waals surface area contributed by atoms with E-state index in [9.17, 15) is 20.4 Å². The van der Waals surface area contributed by atoms with Crippen LogP contribution in [-0.4, -0.2) is 20.9 Å². The van der Waals surface area contributed by atoms with E-state index < -0.39 is 5.97 Å². The Labute approximate surface area is 440 Å². The maximum atomic E-state index is 12.7. The van der Waals surface area contributed by atoms with Crippen LogP contribution in [0.3, 0.4) is 0 Å². The molecule has 7 nitrogen and oxygen atoms in total. The fraction of sp³-hybridized carbons (Fsp3) is 0.273. The predicted octanol–water partition coefficient (Wildman–Crippen LogP) is 16.1. The maximum absolute atomic E-state index is 12.7. The summed E-state index contributed by atoms with van der Waals surface area (Å²) < 4.78 is 1.38. The number of aromatic nitrogens is 2. The summed E-state index contributed by atoms with van der Waals surface area (Å²) in [5, 5.41) is 35.3. The highest BCUT2D eigenvalue weighted by atomic mass is 32.1. The molecule has 8 aromatic rings. The number of para-hydroxylation sites is 1. The highest BCUT2D eigenvalue weighted by molar-refractivity contribution is 7.16. The Kier molecular flexibility index (Phi) is 14.4. The minimum absolute atomic E-state index is 0.0680. The topological polar surface area (TPSA) is 106 Å². The lowest BCUT2D eigenvalue weighted by Crippen LogP contribution is -2.33. The molecule has 2 aliphatic carbocycles. The minimum Gasteiger partial charge on any atom is -0.476 e. The number of nitriles is 2. The number of aromatic carboxylic acids is 1. The third-order valence-electron chi connectivity index (χ3n) is 15.8. The Morgan fingerprint density at radius 3 is 1.55 bits per heavy atom. The van der Waals surface area contributed by atoms with Crippen LogP contribution < -0.4 is 15.5 Å². The molecule has 0 spiro atoms. The molecule has 0 atom stereocenters. The fourth-order valence-electron chi connectivity index (χ4n) is 12.2. The van der Waals surface area contributed by atoms with E-state index >= 15 is 0 Å². The Morgan fingerprint density at radius 2 is 1.07 bits per heavy atom. The molecule has 74 heavy (non-hydrogen) atoms. The zero-order chi connectivity index (χ0) is 51.4. The molecule has 0 saturated carbocycles. The van der Waals surface area contributed by atoms with Crippen molar-refractivity contribution in [3.63, 3.8) is 0 Å². The van der Waals surface area contributed by atoms with Gasteiger partial charge in [0, 0.05) is 42.9 Å². The van der Waals surface area contributed by atoms with Gasteiger partial charge in [-0.2, -0.15) is 15.6 Å². The first-order chi connectivity index (χ1) is 36.2. The van der Waals surface area contributed by atoms with E-state index in [-0.39, 0.29) is 32.7 Å². The smallest absolute Gasteiger partial charge is 0.357 e. The number of fused-ring (bicyclic) bond motifs is 6. The molecule has 0 aliphatic heterocycles. The fourth-order valence-corrected chi connectivity index (χ4v) is 13.2. The van der Waals surface area contributed by atoms with E-state index in [0.717, 1.165) is 109 Å². The lowest BCUT2D eigenvalue weighted by atomic mass is 9.70. The number of anilines is 3. The van der Waals surface area contributed by atoms with Gasteiger partial charge in [0.2, 0.25) is 0 Å². The number of nitrogens with zero attached hydrogens (tertiary/aromatic N) is 5. The molecule has 10 rings (SSSR count). The van der Waals surface area contributed by atoms with Crippen LogP contribution in [0.1, 0.15) is 142 Å². The first-order valence-corrected chi connectivity index (χ1v) is 27.5. The number of rotatable bonds is 19. The summed E-state index contributed by atoms with van der Waals surface area (Å²) in [7, 11) is 0. The van der Waals surface area contributed by atoms with Gasteiger partial charge < -0.3 is 10.0 Å². The number of carboxylic acid groups (broad SMARTS) is 1. The molecule has 0 saturated heterocycles. The number of hydrogen-bond acceptors (Lipinski definition) is 6. The Hall–Kier alpha value is -7.78. The average molecular weight is 990 g/mol. The largest absolute Gasteiger partial charge is 0.476 e. The molecule has 1 N–H and O–H groups in total. The first-order valence-electron chi connectivity index (χ1n) is 26.7. The number of carbonyl (C=O) groups is 1. The third kappa shape index (κ3) is 8.76. The van der Waals surface area contributed by atoms with Gasteiger partial charge in [-0.3, -0.25) is 0 Å². The van der Waals surface area contributed by atoms with Crippen molar-refractivity contribution in [1.82, 2.24) is 9.78 Å². The summed E-state index contributed by atoms with van der Waals surface area (Å²) in [5.41, 5.74) is 15.6. The van der Waals surface area contributed by atoms with E-state index in [1.807, 2.05) is 30.3 Å². The van der Waals surface area contributed by atoms with Crippen molar-refractivity contribution in [2.45, 2.75) is 116 Å². The highest BCUT2D eigenvalue weighted by Gasteiger charge is 2.44. The molecule has 2 aromatic heterocycles. The Morgan fingerprint density at radius 1 is 0.595 bits per heavy atom. The Bertz CT molecular complexity index is 3440. The normalized spacial score (nSPS) is 13.6. The van der Waals surface area contributed by atoms with Gasteiger partial charge in [-0.05, 0) is 142 Å². The lowest BCUT2D eigenvalue weighted by Gasteiger charge is -2.35. The van der Waals surface area contributed by atoms with Crippen molar-refractivity contribution >= 4 is 46.0 Å². The molecule has 0 unspecified atom stereocenters. The maximum Gasteiger partial charge on any atom is 0.357 e. The molecule has 0 fully saturated rings. The van der Waals surface area contributed by atoms with Crippen molar-refractivity contribution in [3.8, 4) is 50.5 Å². The van der Waals surface area contributed by atoms with Crippen LogP contribution >= 0.6 is 11.3 Å². The third-order valence-corrected chi connectivity index (χ3v) is 16.8. The van der Waals surface area contributed by atoms with Crippen LogP contribution in [0, 0.1) is 22.7 Å². The zero-order valence-electron chi connectivity index (χ0n) is 43.0. The molecule has 0 amide bonds. The molecule has 2 heterocycles. The molecular weight excluding hydrogens is 927 g/mol. The molecule has 2 aliphatic rings. The minimum atomic E-state index is -1.25. The summed E-state index contributed by atoms with van der Waals surface area (Å²) in [6, 6.07) is 58.6. The molecule has 8 heteroatoms. The van der Waals surface area contributed by atoms with Crippen LogP contribution in [0.25, 0.3) is 50.0 Å². The highest BCUT2D eigenvalue weighted by Crippen LogP contribution is 2.58. The standard InChI is InChI=1S/C66H63N5O2S/c1-5-9-36-65(37-10-6-2)57-24-18-16-22-52(57)54-33-30-49(40-59(54)65)70(50-31-34-55-53-23-17-19-25-58(53)66(38-11-7-3,39-12-8-4)60(55)41-50)47-28-26-45(27-29-47)61-35-32-51(74-61)42-56-62(64(72)73)69-71(48-20-14-13-15-21-48)63(56)46(43-67)44-68/h13-35,40-42H,5-12,36-39H2,1-4H3,(H,72,73)/b56-42-. The SMILES string of the molecule is CCCCC1(CCCC)c2ccccc2-c2ccc(N(c3ccc(-c4ccc(/C=c5/c(C(=O)O)nn(-c6ccccc6)c5=C(C#N)C#N)s4)cc3)c3ccc4c(c3)C(CCCC)(CCCC)c3ccccc3-4)cc21. The predicted molar refractivity (Wildman–Crippen MR) is 303 cm³/mol.